The first kappa shape index (κ1) is 23.6. The SMILES string of the molecule is CC(C)c1cnn2c(NCc3ccccc3OC(F)(F)F)c(F)c(SC3CCCNC3)nc12. The van der Waals surface area contributed by atoms with Gasteiger partial charge in [0.25, 0.3) is 0 Å². The summed E-state index contributed by atoms with van der Waals surface area (Å²) in [6, 6.07) is 5.77. The summed E-state index contributed by atoms with van der Waals surface area (Å²) in [4.78, 5) is 4.58. The first-order valence-electron chi connectivity index (χ1n) is 10.7. The van der Waals surface area contributed by atoms with Crippen LogP contribution < -0.4 is 15.4 Å². The van der Waals surface area contributed by atoms with Crippen molar-refractivity contribution in [1.29, 1.82) is 0 Å². The molecule has 1 aromatic carbocycles. The van der Waals surface area contributed by atoms with Gasteiger partial charge in [0.2, 0.25) is 0 Å². The van der Waals surface area contributed by atoms with E-state index in [1.807, 2.05) is 13.8 Å². The monoisotopic (exact) mass is 483 g/mol. The highest BCUT2D eigenvalue weighted by Gasteiger charge is 2.32. The summed E-state index contributed by atoms with van der Waals surface area (Å²) >= 11 is 1.37. The van der Waals surface area contributed by atoms with Crippen molar-refractivity contribution in [2.75, 3.05) is 18.4 Å². The van der Waals surface area contributed by atoms with Crippen molar-refractivity contribution in [3.63, 3.8) is 0 Å². The minimum Gasteiger partial charge on any atom is -0.405 e. The number of nitrogens with one attached hydrogen (secondary N) is 2. The van der Waals surface area contributed by atoms with Crippen LogP contribution in [0.15, 0.2) is 35.5 Å². The Morgan fingerprint density at radius 3 is 2.79 bits per heavy atom. The lowest BCUT2D eigenvalue weighted by Gasteiger charge is -2.22. The van der Waals surface area contributed by atoms with E-state index in [0.29, 0.717) is 5.65 Å². The summed E-state index contributed by atoms with van der Waals surface area (Å²) < 4.78 is 59.4. The zero-order valence-electron chi connectivity index (χ0n) is 18.2. The average molecular weight is 484 g/mol. The number of para-hydroxylation sites is 1. The van der Waals surface area contributed by atoms with Gasteiger partial charge in [-0.3, -0.25) is 0 Å². The van der Waals surface area contributed by atoms with Gasteiger partial charge in [0.05, 0.1) is 6.20 Å². The Hall–Kier alpha value is -2.53. The van der Waals surface area contributed by atoms with Gasteiger partial charge in [0.1, 0.15) is 10.8 Å². The fraction of sp³-hybridized carbons (Fsp3) is 0.455. The Morgan fingerprint density at radius 1 is 1.30 bits per heavy atom. The van der Waals surface area contributed by atoms with Crippen molar-refractivity contribution in [2.24, 2.45) is 0 Å². The van der Waals surface area contributed by atoms with E-state index in [-0.39, 0.29) is 39.9 Å². The molecular formula is C22H25F4N5OS. The van der Waals surface area contributed by atoms with Gasteiger partial charge < -0.3 is 15.4 Å². The number of anilines is 1. The van der Waals surface area contributed by atoms with Gasteiger partial charge in [-0.15, -0.1) is 13.2 Å². The molecule has 0 amide bonds. The molecule has 178 valence electrons. The van der Waals surface area contributed by atoms with Gasteiger partial charge in [-0.25, -0.2) is 4.98 Å². The summed E-state index contributed by atoms with van der Waals surface area (Å²) in [7, 11) is 0. The number of alkyl halides is 3. The third kappa shape index (κ3) is 5.52. The number of benzene rings is 1. The maximum absolute atomic E-state index is 15.6. The Morgan fingerprint density at radius 2 is 2.09 bits per heavy atom. The molecule has 1 fully saturated rings. The van der Waals surface area contributed by atoms with Crippen LogP contribution in [0.4, 0.5) is 23.4 Å². The number of ether oxygens (including phenoxy) is 1. The molecule has 3 aromatic rings. The third-order valence-electron chi connectivity index (χ3n) is 5.38. The molecule has 1 aliphatic heterocycles. The highest BCUT2D eigenvalue weighted by molar-refractivity contribution is 7.99. The summed E-state index contributed by atoms with van der Waals surface area (Å²) in [6.45, 7) is 5.61. The number of fused-ring (bicyclic) bond motifs is 1. The van der Waals surface area contributed by atoms with Gasteiger partial charge in [-0.05, 0) is 31.4 Å². The van der Waals surface area contributed by atoms with Gasteiger partial charge in [-0.2, -0.15) is 14.0 Å². The lowest BCUT2D eigenvalue weighted by molar-refractivity contribution is -0.274. The normalized spacial score (nSPS) is 17.0. The van der Waals surface area contributed by atoms with Crippen molar-refractivity contribution in [3.8, 4) is 5.75 Å². The van der Waals surface area contributed by atoms with Gasteiger partial charge in [0.15, 0.2) is 17.3 Å². The molecule has 2 N–H and O–H groups in total. The van der Waals surface area contributed by atoms with Gasteiger partial charge in [-0.1, -0.05) is 43.8 Å². The van der Waals surface area contributed by atoms with Crippen LogP contribution in [0.25, 0.3) is 5.65 Å². The van der Waals surface area contributed by atoms with Crippen LogP contribution in [0.1, 0.15) is 43.7 Å². The topological polar surface area (TPSA) is 63.5 Å². The molecule has 6 nitrogen and oxygen atoms in total. The van der Waals surface area contributed by atoms with Crippen LogP contribution in [0.2, 0.25) is 0 Å². The first-order chi connectivity index (χ1) is 15.7. The predicted molar refractivity (Wildman–Crippen MR) is 119 cm³/mol. The van der Waals surface area contributed by atoms with Crippen molar-refractivity contribution in [3.05, 3.63) is 47.4 Å². The molecule has 0 spiro atoms. The van der Waals surface area contributed by atoms with Gasteiger partial charge in [0, 0.05) is 29.5 Å². The molecule has 0 saturated carbocycles. The molecule has 0 aliphatic carbocycles. The number of piperidine rings is 1. The molecule has 1 unspecified atom stereocenters. The second kappa shape index (κ2) is 9.76. The van der Waals surface area contributed by atoms with Crippen LogP contribution in [0.3, 0.4) is 0 Å². The molecule has 1 saturated heterocycles. The van der Waals surface area contributed by atoms with E-state index < -0.39 is 12.2 Å². The number of rotatable bonds is 7. The lowest BCUT2D eigenvalue weighted by Crippen LogP contribution is -2.31. The highest BCUT2D eigenvalue weighted by atomic mass is 32.2. The standard InChI is InChI=1S/C22H25F4N5OS/c1-13(2)16-12-29-31-19(16)30-21(33-15-7-5-9-27-11-15)18(23)20(31)28-10-14-6-3-4-8-17(14)32-22(24,25)26/h3-4,6,8,12-13,15,27-28H,5,7,9-11H2,1-2H3. The number of aromatic nitrogens is 3. The molecule has 1 atom stereocenters. The average Bonchev–Trinajstić information content (AvgIpc) is 3.18. The van der Waals surface area contributed by atoms with E-state index in [1.165, 1.54) is 34.5 Å². The minimum absolute atomic E-state index is 0.0555. The molecule has 33 heavy (non-hydrogen) atoms. The van der Waals surface area contributed by atoms with Crippen molar-refractivity contribution in [2.45, 2.75) is 55.8 Å². The molecule has 1 aliphatic rings. The maximum Gasteiger partial charge on any atom is 0.573 e. The minimum atomic E-state index is -4.82. The van der Waals surface area contributed by atoms with Crippen LogP contribution >= 0.6 is 11.8 Å². The Kier molecular flexibility index (Phi) is 6.99. The van der Waals surface area contributed by atoms with E-state index in [4.69, 9.17) is 0 Å². The molecule has 2 aromatic heterocycles. The Balaban J connectivity index is 1.68. The quantitative estimate of drug-likeness (QED) is 0.349. The Labute approximate surface area is 193 Å². The number of thioether (sulfide) groups is 1. The van der Waals surface area contributed by atoms with E-state index in [2.05, 4.69) is 25.5 Å². The number of nitrogens with zero attached hydrogens (tertiary/aromatic N) is 3. The molecule has 11 heteroatoms. The largest absolute Gasteiger partial charge is 0.573 e. The summed E-state index contributed by atoms with van der Waals surface area (Å²) in [5.74, 6) is -0.747. The fourth-order valence-corrected chi connectivity index (χ4v) is 4.88. The summed E-state index contributed by atoms with van der Waals surface area (Å²) in [6.07, 6.45) is -1.22. The number of hydrogen-bond acceptors (Lipinski definition) is 6. The van der Waals surface area contributed by atoms with E-state index in [9.17, 15) is 13.2 Å². The third-order valence-corrected chi connectivity index (χ3v) is 6.61. The maximum atomic E-state index is 15.6. The predicted octanol–water partition coefficient (Wildman–Crippen LogP) is 5.35. The fourth-order valence-electron chi connectivity index (χ4n) is 3.74. The second-order valence-corrected chi connectivity index (χ2v) is 9.45. The highest BCUT2D eigenvalue weighted by Crippen LogP contribution is 2.34. The molecule has 3 heterocycles. The van der Waals surface area contributed by atoms with Crippen LogP contribution in [0, 0.1) is 5.82 Å². The van der Waals surface area contributed by atoms with Crippen LogP contribution in [0.5, 0.6) is 5.75 Å². The molecule has 0 radical (unpaired) electrons. The summed E-state index contributed by atoms with van der Waals surface area (Å²) in [5.41, 5.74) is 1.63. The van der Waals surface area contributed by atoms with Crippen molar-refractivity contribution >= 4 is 23.2 Å². The first-order valence-corrected chi connectivity index (χ1v) is 11.6. The number of halogens is 4. The van der Waals surface area contributed by atoms with Crippen LogP contribution in [-0.2, 0) is 6.54 Å². The lowest BCUT2D eigenvalue weighted by atomic mass is 10.1. The molecule has 4 rings (SSSR count). The van der Waals surface area contributed by atoms with E-state index in [1.54, 1.807) is 12.3 Å². The van der Waals surface area contributed by atoms with Crippen molar-refractivity contribution in [1.82, 2.24) is 19.9 Å². The number of hydrogen-bond donors (Lipinski definition) is 2. The zero-order valence-corrected chi connectivity index (χ0v) is 19.1. The van der Waals surface area contributed by atoms with Crippen molar-refractivity contribution < 1.29 is 22.3 Å². The van der Waals surface area contributed by atoms with Crippen LogP contribution in [-0.4, -0.2) is 39.3 Å². The molecule has 0 bridgehead atoms. The second-order valence-electron chi connectivity index (χ2n) is 8.16. The molecular weight excluding hydrogens is 458 g/mol. The van der Waals surface area contributed by atoms with Gasteiger partial charge >= 0.3 is 6.36 Å². The Bertz CT molecular complexity index is 1110. The van der Waals surface area contributed by atoms with E-state index >= 15 is 4.39 Å². The zero-order chi connectivity index (χ0) is 23.6. The smallest absolute Gasteiger partial charge is 0.405 e. The van der Waals surface area contributed by atoms with E-state index in [0.717, 1.165) is 31.5 Å². The summed E-state index contributed by atoms with van der Waals surface area (Å²) in [5, 5.41) is 11.0.